The predicted molar refractivity (Wildman–Crippen MR) is 156 cm³/mol. The largest absolute Gasteiger partial charge is 0.368 e. The summed E-state index contributed by atoms with van der Waals surface area (Å²) in [5.74, 6) is 1.01. The quantitative estimate of drug-likeness (QED) is 0.138. The first-order chi connectivity index (χ1) is 19.3. The van der Waals surface area contributed by atoms with Crippen molar-refractivity contribution < 1.29 is 28.4 Å². The van der Waals surface area contributed by atoms with Crippen LogP contribution in [-0.4, -0.2) is 56.2 Å². The Hall–Kier alpha value is -1.92. The highest BCUT2D eigenvalue weighted by Gasteiger charge is 2.48. The Labute approximate surface area is 239 Å². The van der Waals surface area contributed by atoms with E-state index in [2.05, 4.69) is 0 Å². The van der Waals surface area contributed by atoms with E-state index in [1.807, 2.05) is 91.0 Å². The fraction of sp³-hybridized carbons (Fsp3) is 0.400. The van der Waals surface area contributed by atoms with E-state index in [0.29, 0.717) is 38.2 Å². The van der Waals surface area contributed by atoms with Gasteiger partial charge in [-0.3, -0.25) is 0 Å². The van der Waals surface area contributed by atoms with Crippen LogP contribution in [-0.2, 0) is 48.2 Å². The normalized spacial score (nSPS) is 23.1. The molecule has 0 saturated carbocycles. The molecule has 0 amide bonds. The second-order valence-corrected chi connectivity index (χ2v) is 11.4. The summed E-state index contributed by atoms with van der Waals surface area (Å²) in [5, 5.41) is 0. The van der Waals surface area contributed by atoms with E-state index in [0.717, 1.165) is 16.7 Å². The molecule has 0 spiro atoms. The van der Waals surface area contributed by atoms with Crippen LogP contribution in [0.3, 0.4) is 0 Å². The molecule has 210 valence electrons. The highest BCUT2D eigenvalue weighted by Crippen LogP contribution is 2.31. The summed E-state index contributed by atoms with van der Waals surface area (Å²) in [6.45, 7) is 1.50. The first kappa shape index (κ1) is 30.0. The Morgan fingerprint density at radius 2 is 1.15 bits per heavy atom. The van der Waals surface area contributed by atoms with Gasteiger partial charge in [0, 0.05) is 13.0 Å². The number of methoxy groups -OCH3 is 1. The summed E-state index contributed by atoms with van der Waals surface area (Å²) in [6.07, 6.45) is -2.56. The molecule has 1 saturated heterocycles. The van der Waals surface area contributed by atoms with Crippen LogP contribution in [0, 0.1) is 0 Å². The topological polar surface area (TPSA) is 81.4 Å². The second kappa shape index (κ2) is 17.0. The smallest absolute Gasteiger partial charge is 0.186 e. The molecule has 5 unspecified atom stereocenters. The zero-order valence-corrected chi connectivity index (χ0v) is 23.8. The van der Waals surface area contributed by atoms with Crippen LogP contribution < -0.4 is 5.73 Å². The van der Waals surface area contributed by atoms with E-state index in [1.54, 1.807) is 28.7 Å². The minimum atomic E-state index is -0.661. The Kier molecular flexibility index (Phi) is 13.1. The average Bonchev–Trinajstić information content (AvgIpc) is 2.99. The monoisotopic (exact) mass is 571 g/mol. The number of benzene rings is 3. The molecule has 3 aromatic rings. The average molecular weight is 572 g/mol. The molecule has 39 heavy (non-hydrogen) atoms. The number of hydrogen-bond acceptors (Lipinski definition) is 9. The van der Waals surface area contributed by atoms with Gasteiger partial charge in [0.1, 0.15) is 30.4 Å². The van der Waals surface area contributed by atoms with Crippen molar-refractivity contribution in [2.24, 2.45) is 5.73 Å². The Morgan fingerprint density at radius 1 is 0.667 bits per heavy atom. The molecule has 0 radical (unpaired) electrons. The van der Waals surface area contributed by atoms with Gasteiger partial charge >= 0.3 is 0 Å². The van der Waals surface area contributed by atoms with E-state index >= 15 is 0 Å². The molecule has 4 rings (SSSR count). The summed E-state index contributed by atoms with van der Waals surface area (Å²) >= 11 is 0. The van der Waals surface area contributed by atoms with Gasteiger partial charge in [-0.15, -0.1) is 0 Å². The molecule has 9 heteroatoms. The lowest BCUT2D eigenvalue weighted by molar-refractivity contribution is -0.322. The molecule has 1 heterocycles. The highest BCUT2D eigenvalue weighted by atomic mass is 33.1. The Morgan fingerprint density at radius 3 is 1.64 bits per heavy atom. The van der Waals surface area contributed by atoms with Gasteiger partial charge in [0.2, 0.25) is 0 Å². The summed E-state index contributed by atoms with van der Waals surface area (Å²) in [7, 11) is 4.73. The van der Waals surface area contributed by atoms with Gasteiger partial charge in [-0.05, 0) is 16.7 Å². The van der Waals surface area contributed by atoms with Crippen LogP contribution in [0.25, 0.3) is 0 Å². The van der Waals surface area contributed by atoms with Gasteiger partial charge in [-0.2, -0.15) is 0 Å². The maximum absolute atomic E-state index is 6.59. The zero-order valence-electron chi connectivity index (χ0n) is 22.1. The fourth-order valence-corrected chi connectivity index (χ4v) is 5.38. The van der Waals surface area contributed by atoms with Crippen LogP contribution >= 0.6 is 21.6 Å². The first-order valence-electron chi connectivity index (χ1n) is 13.0. The summed E-state index contributed by atoms with van der Waals surface area (Å²) < 4.78 is 37.7. The standard InChI is InChI=1S/C30H37NO6S2/c1-32-30-29(36-19-25-15-9-4-10-16-25)28(35-18-24-13-7-3-8-14-24)27(34-17-23-11-5-2-6-12-23)26(37-30)20-33-22-39-38-21-31/h2-16,26-30H,17-22,31H2,1H3. The first-order valence-corrected chi connectivity index (χ1v) is 15.4. The molecule has 5 atom stereocenters. The molecule has 3 aromatic carbocycles. The number of hydrogen-bond donors (Lipinski definition) is 1. The van der Waals surface area contributed by atoms with Gasteiger partial charge in [-0.25, -0.2) is 0 Å². The van der Waals surface area contributed by atoms with Crippen molar-refractivity contribution in [1.29, 1.82) is 0 Å². The zero-order chi connectivity index (χ0) is 27.1. The summed E-state index contributed by atoms with van der Waals surface area (Å²) in [6, 6.07) is 30.2. The van der Waals surface area contributed by atoms with Crippen molar-refractivity contribution in [3.8, 4) is 0 Å². The van der Waals surface area contributed by atoms with Crippen molar-refractivity contribution in [1.82, 2.24) is 0 Å². The minimum Gasteiger partial charge on any atom is -0.368 e. The van der Waals surface area contributed by atoms with Crippen molar-refractivity contribution in [3.05, 3.63) is 108 Å². The van der Waals surface area contributed by atoms with Crippen molar-refractivity contribution in [2.75, 3.05) is 25.5 Å². The molecule has 1 fully saturated rings. The lowest BCUT2D eigenvalue weighted by Crippen LogP contribution is -2.61. The molecule has 1 aliphatic rings. The molecule has 0 aliphatic carbocycles. The lowest BCUT2D eigenvalue weighted by atomic mass is 9.98. The molecule has 7 nitrogen and oxygen atoms in total. The van der Waals surface area contributed by atoms with Crippen LogP contribution in [0.15, 0.2) is 91.0 Å². The van der Waals surface area contributed by atoms with Gasteiger partial charge in [0.25, 0.3) is 0 Å². The Bertz CT molecular complexity index is 1050. The SMILES string of the molecule is COC1OC(COCSSCN)C(OCc2ccccc2)C(OCc2ccccc2)C1OCc1ccccc1. The van der Waals surface area contributed by atoms with E-state index in [1.165, 1.54) is 0 Å². The van der Waals surface area contributed by atoms with E-state index in [9.17, 15) is 0 Å². The molecule has 0 aromatic heterocycles. The van der Waals surface area contributed by atoms with Gasteiger partial charge < -0.3 is 34.2 Å². The molecule has 1 aliphatic heterocycles. The maximum atomic E-state index is 6.59. The van der Waals surface area contributed by atoms with E-state index < -0.39 is 30.7 Å². The maximum Gasteiger partial charge on any atom is 0.186 e. The van der Waals surface area contributed by atoms with Gasteiger partial charge in [-0.1, -0.05) is 113 Å². The minimum absolute atomic E-state index is 0.314. The van der Waals surface area contributed by atoms with Crippen molar-refractivity contribution in [2.45, 2.75) is 50.5 Å². The summed E-state index contributed by atoms with van der Waals surface area (Å²) in [5.41, 5.74) is 8.76. The number of nitrogens with two attached hydrogens (primary N) is 1. The fourth-order valence-electron chi connectivity index (χ4n) is 4.35. The third-order valence-electron chi connectivity index (χ3n) is 6.24. The highest BCUT2D eigenvalue weighted by molar-refractivity contribution is 8.76. The number of ether oxygens (including phenoxy) is 6. The van der Waals surface area contributed by atoms with Gasteiger partial charge in [0.15, 0.2) is 6.29 Å². The lowest BCUT2D eigenvalue weighted by Gasteiger charge is -2.45. The van der Waals surface area contributed by atoms with Gasteiger partial charge in [0.05, 0.1) is 26.4 Å². The van der Waals surface area contributed by atoms with E-state index in [4.69, 9.17) is 34.2 Å². The predicted octanol–water partition coefficient (Wildman–Crippen LogP) is 5.39. The second-order valence-electron chi connectivity index (χ2n) is 8.95. The molecular weight excluding hydrogens is 534 g/mol. The third kappa shape index (κ3) is 9.60. The van der Waals surface area contributed by atoms with E-state index in [-0.39, 0.29) is 0 Å². The Balaban J connectivity index is 1.56. The molecule has 2 N–H and O–H groups in total. The van der Waals surface area contributed by atoms with Crippen molar-refractivity contribution in [3.63, 3.8) is 0 Å². The van der Waals surface area contributed by atoms with Crippen LogP contribution in [0.2, 0.25) is 0 Å². The molecule has 0 bridgehead atoms. The molecular formula is C30H37NO6S2. The van der Waals surface area contributed by atoms with Crippen LogP contribution in [0.1, 0.15) is 16.7 Å². The number of rotatable bonds is 16. The van der Waals surface area contributed by atoms with Crippen molar-refractivity contribution >= 4 is 21.6 Å². The summed E-state index contributed by atoms with van der Waals surface area (Å²) in [4.78, 5) is 0. The third-order valence-corrected chi connectivity index (χ3v) is 8.01. The van der Waals surface area contributed by atoms with Crippen LogP contribution in [0.4, 0.5) is 0 Å². The van der Waals surface area contributed by atoms with Crippen LogP contribution in [0.5, 0.6) is 0 Å².